The molecule has 4 heteroatoms. The van der Waals surface area contributed by atoms with Crippen molar-refractivity contribution in [1.29, 1.82) is 0 Å². The zero-order valence-electron chi connectivity index (χ0n) is 25.8. The number of benzene rings is 7. The molecule has 0 saturated carbocycles. The highest BCUT2D eigenvalue weighted by Gasteiger charge is 2.27. The zero-order chi connectivity index (χ0) is 31.3. The Morgan fingerprint density at radius 1 is 0.375 bits per heavy atom. The molecule has 0 amide bonds. The van der Waals surface area contributed by atoms with Crippen LogP contribution in [0.1, 0.15) is 0 Å². The summed E-state index contributed by atoms with van der Waals surface area (Å²) in [6.45, 7) is 0. The Kier molecular flexibility index (Phi) is 5.08. The van der Waals surface area contributed by atoms with E-state index in [1.54, 1.807) is 0 Å². The lowest BCUT2D eigenvalue weighted by Crippen LogP contribution is -2.04. The van der Waals surface area contributed by atoms with Gasteiger partial charge in [0.1, 0.15) is 5.69 Å². The summed E-state index contributed by atoms with van der Waals surface area (Å²) in [5.74, 6) is 0.824. The summed E-state index contributed by atoms with van der Waals surface area (Å²) in [6.07, 6.45) is 0. The first-order valence-electron chi connectivity index (χ1n) is 16.4. The van der Waals surface area contributed by atoms with Crippen LogP contribution < -0.4 is 0 Å². The lowest BCUT2D eigenvalue weighted by atomic mass is 9.93. The van der Waals surface area contributed by atoms with E-state index in [0.29, 0.717) is 0 Å². The standard InChI is InChI=1S/C44H26N4/c1-2-13-27(14-3-1)42-44(46-37-22-9-8-21-36(37)45-42)48-39-24-11-7-18-31(39)35-26-40-34(25-41(35)48)29-16-5-4-15-28(29)32-19-12-20-33-30-17-6-10-23-38(30)47(40)43(32)33/h1-26H. The highest BCUT2D eigenvalue weighted by atomic mass is 15.1. The predicted octanol–water partition coefficient (Wildman–Crippen LogP) is 11.1. The van der Waals surface area contributed by atoms with E-state index in [1.165, 1.54) is 60.5 Å². The Bertz CT molecular complexity index is 2950. The highest BCUT2D eigenvalue weighted by molar-refractivity contribution is 6.18. The van der Waals surface area contributed by atoms with Crippen LogP contribution >= 0.6 is 0 Å². The van der Waals surface area contributed by atoms with Crippen molar-refractivity contribution in [3.8, 4) is 45.0 Å². The molecule has 0 spiro atoms. The molecule has 0 fully saturated rings. The van der Waals surface area contributed by atoms with E-state index in [1.807, 2.05) is 24.3 Å². The van der Waals surface area contributed by atoms with Crippen molar-refractivity contribution in [2.45, 2.75) is 0 Å². The van der Waals surface area contributed by atoms with Crippen molar-refractivity contribution >= 4 is 54.6 Å². The number of rotatable bonds is 2. The molecule has 0 bridgehead atoms. The summed E-state index contributed by atoms with van der Waals surface area (Å²) >= 11 is 0. The van der Waals surface area contributed by atoms with Crippen LogP contribution in [0.5, 0.6) is 0 Å². The van der Waals surface area contributed by atoms with E-state index in [0.717, 1.165) is 39.1 Å². The molecule has 0 N–H and O–H groups in total. The summed E-state index contributed by atoms with van der Waals surface area (Å²) in [7, 11) is 0. The Morgan fingerprint density at radius 3 is 1.75 bits per heavy atom. The van der Waals surface area contributed by atoms with Crippen molar-refractivity contribution in [2.24, 2.45) is 0 Å². The van der Waals surface area contributed by atoms with Crippen molar-refractivity contribution in [2.75, 3.05) is 0 Å². The molecule has 4 heterocycles. The first-order chi connectivity index (χ1) is 23.8. The summed E-state index contributed by atoms with van der Waals surface area (Å²) in [5.41, 5.74) is 14.4. The van der Waals surface area contributed by atoms with Gasteiger partial charge in [-0.05, 0) is 47.5 Å². The maximum absolute atomic E-state index is 5.36. The van der Waals surface area contributed by atoms with Gasteiger partial charge >= 0.3 is 0 Å². The fourth-order valence-corrected chi connectivity index (χ4v) is 8.01. The molecule has 0 unspecified atom stereocenters. The molecule has 10 aromatic rings. The van der Waals surface area contributed by atoms with Crippen LogP contribution in [0, 0.1) is 0 Å². The van der Waals surface area contributed by atoms with Crippen molar-refractivity contribution in [3.63, 3.8) is 0 Å². The number of para-hydroxylation sites is 5. The molecular formula is C44H26N4. The van der Waals surface area contributed by atoms with Crippen LogP contribution in [-0.4, -0.2) is 19.1 Å². The smallest absolute Gasteiger partial charge is 0.165 e. The number of hydrogen-bond acceptors (Lipinski definition) is 2. The summed E-state index contributed by atoms with van der Waals surface area (Å²) < 4.78 is 4.82. The first kappa shape index (κ1) is 25.6. The number of aromatic nitrogens is 4. The maximum Gasteiger partial charge on any atom is 0.165 e. The molecule has 0 atom stereocenters. The number of hydrogen-bond donors (Lipinski definition) is 0. The minimum atomic E-state index is 0.824. The van der Waals surface area contributed by atoms with Gasteiger partial charge in [-0.1, -0.05) is 121 Å². The van der Waals surface area contributed by atoms with E-state index in [9.17, 15) is 0 Å². The Hall–Kier alpha value is -6.52. The largest absolute Gasteiger partial charge is 0.308 e. The minimum absolute atomic E-state index is 0.824. The van der Waals surface area contributed by atoms with E-state index >= 15 is 0 Å². The molecule has 3 aromatic heterocycles. The molecule has 0 saturated heterocycles. The molecule has 7 aromatic carbocycles. The Balaban J connectivity index is 1.33. The Morgan fingerprint density at radius 2 is 0.958 bits per heavy atom. The predicted molar refractivity (Wildman–Crippen MR) is 198 cm³/mol. The quantitative estimate of drug-likeness (QED) is 0.195. The summed E-state index contributed by atoms with van der Waals surface area (Å²) in [5, 5.41) is 4.90. The van der Waals surface area contributed by atoms with Gasteiger partial charge in [0, 0.05) is 38.2 Å². The second-order valence-electron chi connectivity index (χ2n) is 12.6. The third kappa shape index (κ3) is 3.38. The SMILES string of the molecule is c1ccc(-c2nc3ccccc3nc2-n2c3ccccc3c3cc4c(cc32)-c2ccccc2-c2cccc3c5ccccc5n-4c23)cc1. The topological polar surface area (TPSA) is 35.6 Å². The third-order valence-electron chi connectivity index (χ3n) is 10.0. The molecule has 0 radical (unpaired) electrons. The van der Waals surface area contributed by atoms with Gasteiger partial charge in [-0.3, -0.25) is 4.57 Å². The highest BCUT2D eigenvalue weighted by Crippen LogP contribution is 2.48. The van der Waals surface area contributed by atoms with Gasteiger partial charge in [-0.15, -0.1) is 0 Å². The normalized spacial score (nSPS) is 12.2. The van der Waals surface area contributed by atoms with Crippen molar-refractivity contribution in [1.82, 2.24) is 19.1 Å². The third-order valence-corrected chi connectivity index (χ3v) is 10.0. The van der Waals surface area contributed by atoms with Crippen molar-refractivity contribution in [3.05, 3.63) is 158 Å². The van der Waals surface area contributed by atoms with E-state index in [-0.39, 0.29) is 0 Å². The van der Waals surface area contributed by atoms with Gasteiger partial charge < -0.3 is 4.57 Å². The Labute approximate surface area is 275 Å². The fourth-order valence-electron chi connectivity index (χ4n) is 8.01. The molecule has 4 nitrogen and oxygen atoms in total. The van der Waals surface area contributed by atoms with E-state index in [4.69, 9.17) is 9.97 Å². The second-order valence-corrected chi connectivity index (χ2v) is 12.6. The lowest BCUT2D eigenvalue weighted by Gasteiger charge is -2.16. The summed E-state index contributed by atoms with van der Waals surface area (Å²) in [6, 6.07) is 56.5. The average molecular weight is 611 g/mol. The second kappa shape index (κ2) is 9.50. The first-order valence-corrected chi connectivity index (χ1v) is 16.4. The number of nitrogens with zero attached hydrogens (tertiary/aromatic N) is 4. The van der Waals surface area contributed by atoms with Crippen LogP contribution in [0.15, 0.2) is 158 Å². The molecule has 0 aliphatic carbocycles. The van der Waals surface area contributed by atoms with Gasteiger partial charge in [0.2, 0.25) is 0 Å². The molecule has 1 aliphatic rings. The molecule has 11 rings (SSSR count). The lowest BCUT2D eigenvalue weighted by molar-refractivity contribution is 1.08. The van der Waals surface area contributed by atoms with Crippen LogP contribution in [-0.2, 0) is 0 Å². The molecule has 222 valence electrons. The van der Waals surface area contributed by atoms with Crippen LogP contribution in [0.2, 0.25) is 0 Å². The van der Waals surface area contributed by atoms with Gasteiger partial charge in [-0.2, -0.15) is 0 Å². The minimum Gasteiger partial charge on any atom is -0.308 e. The molecule has 48 heavy (non-hydrogen) atoms. The average Bonchev–Trinajstić information content (AvgIpc) is 3.62. The van der Waals surface area contributed by atoms with Crippen LogP contribution in [0.25, 0.3) is 99.7 Å². The van der Waals surface area contributed by atoms with Gasteiger partial charge in [-0.25, -0.2) is 9.97 Å². The molecule has 1 aliphatic heterocycles. The van der Waals surface area contributed by atoms with Crippen LogP contribution in [0.4, 0.5) is 0 Å². The fraction of sp³-hybridized carbons (Fsp3) is 0. The number of fused-ring (bicyclic) bond motifs is 12. The van der Waals surface area contributed by atoms with E-state index < -0.39 is 0 Å². The van der Waals surface area contributed by atoms with Crippen LogP contribution in [0.3, 0.4) is 0 Å². The van der Waals surface area contributed by atoms with Gasteiger partial charge in [0.15, 0.2) is 5.82 Å². The van der Waals surface area contributed by atoms with Crippen molar-refractivity contribution < 1.29 is 0 Å². The zero-order valence-corrected chi connectivity index (χ0v) is 25.8. The van der Waals surface area contributed by atoms with E-state index in [2.05, 4.69) is 143 Å². The monoisotopic (exact) mass is 610 g/mol. The van der Waals surface area contributed by atoms with Gasteiger partial charge in [0.25, 0.3) is 0 Å². The van der Waals surface area contributed by atoms with Gasteiger partial charge in [0.05, 0.1) is 38.8 Å². The molecular weight excluding hydrogens is 585 g/mol. The summed E-state index contributed by atoms with van der Waals surface area (Å²) in [4.78, 5) is 10.6. The maximum atomic E-state index is 5.36.